The van der Waals surface area contributed by atoms with Gasteiger partial charge in [-0.15, -0.1) is 12.4 Å². The van der Waals surface area contributed by atoms with Gasteiger partial charge in [-0.2, -0.15) is 0 Å². The Balaban J connectivity index is 0.00000306. The molecule has 1 atom stereocenters. The molecule has 0 bridgehead atoms. The van der Waals surface area contributed by atoms with E-state index in [1.54, 1.807) is 10.7 Å². The molecule has 6 N–H and O–H groups in total. The maximum absolute atomic E-state index is 12.8. The number of phenols is 2. The molecule has 1 unspecified atom stereocenters. The third-order valence-electron chi connectivity index (χ3n) is 5.99. The third kappa shape index (κ3) is 4.24. The summed E-state index contributed by atoms with van der Waals surface area (Å²) in [5.41, 5.74) is 6.51. The molecule has 10 heteroatoms. The number of nitrogens with one attached hydrogen (secondary N) is 1. The number of H-pyrrole nitrogens is 1. The van der Waals surface area contributed by atoms with Crippen LogP contribution >= 0.6 is 12.4 Å². The van der Waals surface area contributed by atoms with E-state index >= 15 is 0 Å². The fraction of sp³-hybridized carbons (Fsp3) is 0.391. The van der Waals surface area contributed by atoms with Gasteiger partial charge in [0.15, 0.2) is 5.43 Å². The largest absolute Gasteiger partial charge is 0.507 e. The molecule has 0 saturated heterocycles. The third-order valence-corrected chi connectivity index (χ3v) is 5.99. The molecule has 0 aliphatic rings. The smallest absolute Gasteiger partial charge is 0.189 e. The predicted molar refractivity (Wildman–Crippen MR) is 133 cm³/mol. The van der Waals surface area contributed by atoms with E-state index in [0.717, 1.165) is 18.6 Å². The topological polar surface area (TPSA) is 140 Å². The van der Waals surface area contributed by atoms with Gasteiger partial charge in [-0.3, -0.25) is 19.6 Å². The molecule has 0 aliphatic heterocycles. The lowest BCUT2D eigenvalue weighted by Gasteiger charge is -2.22. The number of aromatic amines is 1. The first-order valence-corrected chi connectivity index (χ1v) is 10.9. The first-order chi connectivity index (χ1) is 15.4. The highest BCUT2D eigenvalue weighted by Crippen LogP contribution is 2.41. The Morgan fingerprint density at radius 3 is 2.48 bits per heavy atom. The zero-order chi connectivity index (χ0) is 23.0. The first-order valence-electron chi connectivity index (χ1n) is 10.9. The summed E-state index contributed by atoms with van der Waals surface area (Å²) in [6.07, 6.45) is -0.645. The van der Waals surface area contributed by atoms with Gasteiger partial charge in [0.25, 0.3) is 0 Å². The van der Waals surface area contributed by atoms with Gasteiger partial charge < -0.3 is 26.0 Å². The van der Waals surface area contributed by atoms with Crippen molar-refractivity contribution < 1.29 is 15.3 Å². The van der Waals surface area contributed by atoms with Crippen molar-refractivity contribution in [2.24, 2.45) is 10.7 Å². The number of phenolic OH excluding ortho intramolecular Hbond substituents is 2. The van der Waals surface area contributed by atoms with Crippen molar-refractivity contribution >= 4 is 45.0 Å². The lowest BCUT2D eigenvalue weighted by molar-refractivity contribution is 0.101. The van der Waals surface area contributed by atoms with E-state index in [2.05, 4.69) is 15.0 Å². The van der Waals surface area contributed by atoms with E-state index in [-0.39, 0.29) is 46.7 Å². The first kappa shape index (κ1) is 24.8. The molecule has 9 nitrogen and oxygen atoms in total. The van der Waals surface area contributed by atoms with Crippen molar-refractivity contribution in [3.63, 3.8) is 0 Å². The lowest BCUT2D eigenvalue weighted by Crippen LogP contribution is -2.34. The SMILES string of the molecule is CCN(CC)CC(O)Cn1[nH]c2c3c(=O)ccc(O)c3c(O)c3c(=NCCN)ccc1c32.Cl. The van der Waals surface area contributed by atoms with Crippen LogP contribution in [0.3, 0.4) is 0 Å². The molecule has 0 saturated carbocycles. The fourth-order valence-electron chi connectivity index (χ4n) is 4.42. The highest BCUT2D eigenvalue weighted by atomic mass is 35.5. The number of halogens is 1. The molecule has 0 fully saturated rings. The molecule has 0 aliphatic carbocycles. The van der Waals surface area contributed by atoms with Crippen LogP contribution in [-0.2, 0) is 6.54 Å². The molecule has 0 radical (unpaired) electrons. The van der Waals surface area contributed by atoms with Crippen LogP contribution < -0.4 is 16.5 Å². The number of aromatic hydroxyl groups is 2. The van der Waals surface area contributed by atoms with Crippen molar-refractivity contribution in [3.05, 3.63) is 39.8 Å². The number of hydrogen-bond donors (Lipinski definition) is 5. The summed E-state index contributed by atoms with van der Waals surface area (Å²) in [7, 11) is 0. The minimum Gasteiger partial charge on any atom is -0.507 e. The van der Waals surface area contributed by atoms with Gasteiger partial charge in [0.1, 0.15) is 11.5 Å². The molecule has 4 aromatic rings. The van der Waals surface area contributed by atoms with Gasteiger partial charge in [-0.1, -0.05) is 13.8 Å². The average Bonchev–Trinajstić information content (AvgIpc) is 3.14. The number of rotatable bonds is 8. The van der Waals surface area contributed by atoms with E-state index in [4.69, 9.17) is 5.73 Å². The number of hydrogen-bond acceptors (Lipinski definition) is 7. The summed E-state index contributed by atoms with van der Waals surface area (Å²) < 4.78 is 1.78. The second-order valence-electron chi connectivity index (χ2n) is 7.94. The van der Waals surface area contributed by atoms with Crippen LogP contribution in [0.4, 0.5) is 0 Å². The van der Waals surface area contributed by atoms with Crippen LogP contribution in [0, 0.1) is 0 Å². The number of nitrogens with two attached hydrogens (primary N) is 1. The van der Waals surface area contributed by atoms with E-state index < -0.39 is 6.10 Å². The Labute approximate surface area is 196 Å². The van der Waals surface area contributed by atoms with Gasteiger partial charge in [0.05, 0.1) is 51.7 Å². The zero-order valence-corrected chi connectivity index (χ0v) is 19.5. The zero-order valence-electron chi connectivity index (χ0n) is 18.7. The van der Waals surface area contributed by atoms with E-state index in [1.165, 1.54) is 12.1 Å². The number of nitrogens with zero attached hydrogens (tertiary/aromatic N) is 3. The number of fused-ring (bicyclic) bond motifs is 2. The summed E-state index contributed by atoms with van der Waals surface area (Å²) in [4.78, 5) is 19.4. The molecule has 0 spiro atoms. The van der Waals surface area contributed by atoms with Crippen LogP contribution in [0.25, 0.3) is 32.6 Å². The molecule has 1 aromatic heterocycles. The Hall–Kier alpha value is -2.85. The Bertz CT molecular complexity index is 1390. The minimum atomic E-state index is -0.645. The highest BCUT2D eigenvalue weighted by molar-refractivity contribution is 6.23. The second kappa shape index (κ2) is 9.96. The van der Waals surface area contributed by atoms with Crippen molar-refractivity contribution in [2.45, 2.75) is 26.5 Å². The summed E-state index contributed by atoms with van der Waals surface area (Å²) in [6, 6.07) is 6.19. The van der Waals surface area contributed by atoms with E-state index in [9.17, 15) is 20.1 Å². The summed E-state index contributed by atoms with van der Waals surface area (Å²) in [5.74, 6) is -0.383. The van der Waals surface area contributed by atoms with Crippen LogP contribution in [0.2, 0.25) is 0 Å². The molecule has 4 rings (SSSR count). The maximum Gasteiger partial charge on any atom is 0.189 e. The van der Waals surface area contributed by atoms with Gasteiger partial charge in [0.2, 0.25) is 0 Å². The van der Waals surface area contributed by atoms with Crippen LogP contribution in [0.1, 0.15) is 13.8 Å². The van der Waals surface area contributed by atoms with Gasteiger partial charge in [0, 0.05) is 18.5 Å². The molecule has 1 heterocycles. The monoisotopic (exact) mass is 475 g/mol. The Morgan fingerprint density at radius 1 is 1.09 bits per heavy atom. The van der Waals surface area contributed by atoms with Crippen molar-refractivity contribution in [3.8, 4) is 11.5 Å². The molecular formula is C23H30ClN5O4. The normalized spacial score (nSPS) is 13.4. The quantitative estimate of drug-likeness (QED) is 0.244. The second-order valence-corrected chi connectivity index (χ2v) is 7.94. The van der Waals surface area contributed by atoms with Crippen molar-refractivity contribution in [2.75, 3.05) is 32.7 Å². The summed E-state index contributed by atoms with van der Waals surface area (Å²) in [5, 5.41) is 37.4. The van der Waals surface area contributed by atoms with Crippen LogP contribution in [0.5, 0.6) is 11.5 Å². The highest BCUT2D eigenvalue weighted by Gasteiger charge is 2.23. The maximum atomic E-state index is 12.8. The molecule has 178 valence electrons. The van der Waals surface area contributed by atoms with Crippen molar-refractivity contribution in [1.29, 1.82) is 0 Å². The number of benzene rings is 3. The van der Waals surface area contributed by atoms with Crippen LogP contribution in [0.15, 0.2) is 34.1 Å². The predicted octanol–water partition coefficient (Wildman–Crippen LogP) is 1.47. The molecule has 0 amide bonds. The summed E-state index contributed by atoms with van der Waals surface area (Å²) in [6.45, 7) is 7.26. The fourth-order valence-corrected chi connectivity index (χ4v) is 4.42. The number of aromatic nitrogens is 2. The number of likely N-dealkylation sites (N-methyl/N-ethyl adjacent to an activating group) is 1. The van der Waals surface area contributed by atoms with Gasteiger partial charge in [-0.05, 0) is 37.4 Å². The van der Waals surface area contributed by atoms with Gasteiger partial charge >= 0.3 is 0 Å². The van der Waals surface area contributed by atoms with Crippen molar-refractivity contribution in [1.82, 2.24) is 14.7 Å². The number of aliphatic hydroxyl groups excluding tert-OH is 1. The molecular weight excluding hydrogens is 446 g/mol. The minimum absolute atomic E-state index is 0. The molecule has 3 aromatic carbocycles. The molecule has 33 heavy (non-hydrogen) atoms. The van der Waals surface area contributed by atoms with E-state index in [0.29, 0.717) is 41.3 Å². The van der Waals surface area contributed by atoms with Crippen LogP contribution in [-0.4, -0.2) is 68.8 Å². The average molecular weight is 476 g/mol. The lowest BCUT2D eigenvalue weighted by atomic mass is 9.99. The van der Waals surface area contributed by atoms with Gasteiger partial charge in [-0.25, -0.2) is 0 Å². The Morgan fingerprint density at radius 2 is 1.82 bits per heavy atom. The number of aliphatic hydroxyl groups is 1. The Kier molecular flexibility index (Phi) is 7.48. The summed E-state index contributed by atoms with van der Waals surface area (Å²) >= 11 is 0. The van der Waals surface area contributed by atoms with E-state index in [1.807, 2.05) is 19.9 Å². The standard InChI is InChI=1S/C23H29N5O4.ClH/c1-3-27(4-2)11-13(29)12-28-15-6-5-14(25-10-9-24)18-19(15)22(26-28)20-16(30)7-8-17(31)21(20)23(18)32;/h5-8,13,26,29,31-32H,3-4,9-12,24H2,1-2H3;1H.